The number of phosphoric acid groups is 1. The molecule has 46 heavy (non-hydrogen) atoms. The summed E-state index contributed by atoms with van der Waals surface area (Å²) in [6.07, 6.45) is 4.17. The molecule has 3 N–H and O–H groups in total. The first-order chi connectivity index (χ1) is 22.2. The van der Waals surface area contributed by atoms with Crippen molar-refractivity contribution >= 4 is 43.1 Å². The van der Waals surface area contributed by atoms with E-state index in [9.17, 15) is 28.5 Å². The van der Waals surface area contributed by atoms with Crippen molar-refractivity contribution in [3.05, 3.63) is 81.1 Å². The predicted octanol–water partition coefficient (Wildman–Crippen LogP) is 1.28. The first-order valence-corrected chi connectivity index (χ1v) is 15.3. The number of anilines is 1. The molecule has 0 saturated carbocycles. The average Bonchev–Trinajstić information content (AvgIpc) is 3.08. The van der Waals surface area contributed by atoms with Crippen molar-refractivity contribution in [1.29, 1.82) is 0 Å². The molecule has 5 aromatic rings. The van der Waals surface area contributed by atoms with E-state index >= 15 is 0 Å². The molecular formula is C27H25BFN9O7P. The molecule has 1 aromatic carbocycles. The number of fused-ring (bicyclic) bond motifs is 3. The second-order valence-electron chi connectivity index (χ2n) is 10.1. The van der Waals surface area contributed by atoms with Gasteiger partial charge in [0.15, 0.2) is 5.82 Å². The minimum atomic E-state index is -4.88. The van der Waals surface area contributed by atoms with Crippen LogP contribution < -0.4 is 21.5 Å². The molecule has 1 radical (unpaired) electrons. The summed E-state index contributed by atoms with van der Waals surface area (Å²) in [5.74, 6) is 0.208. The van der Waals surface area contributed by atoms with Gasteiger partial charge in [-0.2, -0.15) is 0 Å². The van der Waals surface area contributed by atoms with Gasteiger partial charge in [0.1, 0.15) is 6.61 Å². The molecule has 4 aromatic heterocycles. The Morgan fingerprint density at radius 3 is 2.54 bits per heavy atom. The molecule has 0 aliphatic carbocycles. The Morgan fingerprint density at radius 2 is 1.85 bits per heavy atom. The van der Waals surface area contributed by atoms with Gasteiger partial charge in [0.2, 0.25) is 0 Å². The van der Waals surface area contributed by atoms with E-state index in [2.05, 4.69) is 30.0 Å². The first kappa shape index (κ1) is 31.3. The zero-order chi connectivity index (χ0) is 32.4. The van der Waals surface area contributed by atoms with E-state index in [0.29, 0.717) is 45.7 Å². The van der Waals surface area contributed by atoms with Crippen LogP contribution in [0.25, 0.3) is 38.9 Å². The van der Waals surface area contributed by atoms with Gasteiger partial charge in [0.05, 0.1) is 0 Å². The second kappa shape index (κ2) is 12.9. The molecule has 0 amide bonds. The molecule has 1 aliphatic heterocycles. The van der Waals surface area contributed by atoms with Crippen LogP contribution in [-0.2, 0) is 33.7 Å². The fraction of sp³-hybridized carbons (Fsp3) is 0.259. The standard InChI is InChI=1S/C27H25BFN9O7P/c28-35-45-46(42,43)44-15-37-26(40)19-13-31-21-3-2-20(17-11-32-23(14-39)33-12-17)34-24(21)25(19)38(27(37)41)18-1-4-22(16(9-18)10-29)36-7-5-30-6-8-36/h1-4,9,11-13,30,39H,5-8,10,14-15H2,(H,42,43). The zero-order valence-corrected chi connectivity index (χ0v) is 24.9. The molecule has 6 rings (SSSR count). The van der Waals surface area contributed by atoms with E-state index in [-0.39, 0.29) is 34.5 Å². The van der Waals surface area contributed by atoms with Gasteiger partial charge < -0.3 is 15.3 Å². The van der Waals surface area contributed by atoms with Crippen LogP contribution in [0.4, 0.5) is 10.1 Å². The van der Waals surface area contributed by atoms with Crippen LogP contribution in [0.5, 0.6) is 0 Å². The van der Waals surface area contributed by atoms with Gasteiger partial charge in [0, 0.05) is 44.1 Å². The van der Waals surface area contributed by atoms with Crippen LogP contribution in [0.2, 0.25) is 0 Å². The van der Waals surface area contributed by atoms with Crippen LogP contribution >= 0.6 is 7.82 Å². The Hall–Kier alpha value is -4.74. The molecule has 16 nitrogen and oxygen atoms in total. The van der Waals surface area contributed by atoms with Crippen molar-refractivity contribution in [2.75, 3.05) is 31.1 Å². The number of aliphatic hydroxyl groups excluding tert-OH is 1. The van der Waals surface area contributed by atoms with Gasteiger partial charge in [-0.25, -0.2) is 14.4 Å². The number of alkyl halides is 1. The maximum absolute atomic E-state index is 14.5. The molecular weight excluding hydrogens is 623 g/mol. The van der Waals surface area contributed by atoms with Crippen molar-refractivity contribution in [2.24, 2.45) is 5.06 Å². The molecule has 1 fully saturated rings. The monoisotopic (exact) mass is 648 g/mol. The van der Waals surface area contributed by atoms with Crippen molar-refractivity contribution in [2.45, 2.75) is 20.0 Å². The summed E-state index contributed by atoms with van der Waals surface area (Å²) in [6.45, 7) is 0.536. The molecule has 19 heteroatoms. The molecule has 1 aliphatic rings. The van der Waals surface area contributed by atoms with Gasteiger partial charge in [-0.3, -0.25) is 0 Å². The van der Waals surface area contributed by atoms with E-state index < -0.39 is 32.5 Å². The zero-order valence-electron chi connectivity index (χ0n) is 24.0. The Labute approximate surface area is 259 Å². The number of hydrogen-bond acceptors (Lipinski definition) is 13. The average molecular weight is 648 g/mol. The quantitative estimate of drug-likeness (QED) is 0.0848. The summed E-state index contributed by atoms with van der Waals surface area (Å²) in [5, 5.41) is 15.1. The Bertz CT molecular complexity index is 2120. The van der Waals surface area contributed by atoms with E-state index in [1.54, 1.807) is 24.3 Å². The van der Waals surface area contributed by atoms with Crippen LogP contribution in [0, 0.1) is 0 Å². The Morgan fingerprint density at radius 1 is 1.09 bits per heavy atom. The third-order valence-electron chi connectivity index (χ3n) is 7.37. The molecule has 1 unspecified atom stereocenters. The molecule has 1 atom stereocenters. The van der Waals surface area contributed by atoms with E-state index in [4.69, 9.17) is 17.1 Å². The molecule has 0 bridgehead atoms. The second-order valence-corrected chi connectivity index (χ2v) is 11.4. The Kier molecular flexibility index (Phi) is 8.79. The molecule has 5 heterocycles. The number of hydrogen-bond donors (Lipinski definition) is 3. The molecule has 0 spiro atoms. The number of aliphatic hydroxyl groups is 1. The fourth-order valence-electron chi connectivity index (χ4n) is 5.21. The number of nitrogens with one attached hydrogen (secondary N) is 1. The van der Waals surface area contributed by atoms with Crippen LogP contribution in [0.15, 0.2) is 63.6 Å². The number of aromatic nitrogens is 6. The minimum absolute atomic E-state index is 0.0473. The van der Waals surface area contributed by atoms with Crippen molar-refractivity contribution < 1.29 is 28.1 Å². The number of phosphoric ester groups is 1. The van der Waals surface area contributed by atoms with Gasteiger partial charge in [-0.05, 0) is 6.07 Å². The van der Waals surface area contributed by atoms with Gasteiger partial charge in [-0.1, -0.05) is 0 Å². The molecule has 235 valence electrons. The third-order valence-corrected chi connectivity index (χ3v) is 8.12. The number of piperazine rings is 1. The summed E-state index contributed by atoms with van der Waals surface area (Å²) in [6, 6.07) is 8.09. The number of nitrogens with zero attached hydrogens (tertiary/aromatic N) is 8. The number of benzene rings is 1. The van der Waals surface area contributed by atoms with Gasteiger partial charge >= 0.3 is 168 Å². The predicted molar refractivity (Wildman–Crippen MR) is 164 cm³/mol. The summed E-state index contributed by atoms with van der Waals surface area (Å²) >= 11 is 0. The Balaban J connectivity index is 1.61. The first-order valence-electron chi connectivity index (χ1n) is 13.8. The van der Waals surface area contributed by atoms with Crippen LogP contribution in [-0.4, -0.2) is 72.9 Å². The normalized spacial score (nSPS) is 14.8. The van der Waals surface area contributed by atoms with Gasteiger partial charge in [0.25, 0.3) is 0 Å². The SMILES string of the molecule is [B]=NOP(=O)(O)OCn1c(=O)c2cnc3ccc(-c4cnc(CO)nc4)nc3c2n(-c2ccc(N3CCNCC3)c(CF)c2)c1=O. The number of rotatable bonds is 10. The number of halogens is 1. The molecule has 1 saturated heterocycles. The van der Waals surface area contributed by atoms with E-state index in [1.165, 1.54) is 24.7 Å². The van der Waals surface area contributed by atoms with Crippen molar-refractivity contribution in [1.82, 2.24) is 34.4 Å². The summed E-state index contributed by atoms with van der Waals surface area (Å²) in [4.78, 5) is 56.9. The maximum atomic E-state index is 14.5. The van der Waals surface area contributed by atoms with Crippen LogP contribution in [0.3, 0.4) is 0 Å². The fourth-order valence-corrected chi connectivity index (χ4v) is 5.64. The summed E-state index contributed by atoms with van der Waals surface area (Å²) < 4.78 is 37.3. The summed E-state index contributed by atoms with van der Waals surface area (Å²) in [5.41, 5.74) is 0.622. The van der Waals surface area contributed by atoms with E-state index in [0.717, 1.165) is 17.7 Å². The van der Waals surface area contributed by atoms with Crippen molar-refractivity contribution in [3.8, 4) is 16.9 Å². The van der Waals surface area contributed by atoms with Gasteiger partial charge in [-0.15, -0.1) is 0 Å². The number of pyridine rings is 2. The summed E-state index contributed by atoms with van der Waals surface area (Å²) in [7, 11) is -0.0640. The van der Waals surface area contributed by atoms with E-state index in [1.807, 2.05) is 4.90 Å². The van der Waals surface area contributed by atoms with Crippen molar-refractivity contribution in [3.63, 3.8) is 0 Å². The van der Waals surface area contributed by atoms with Crippen LogP contribution in [0.1, 0.15) is 11.4 Å². The third kappa shape index (κ3) is 5.95. The topological polar surface area (TPSA) is 199 Å².